The summed E-state index contributed by atoms with van der Waals surface area (Å²) in [5.74, 6) is 0. The van der Waals surface area contributed by atoms with Gasteiger partial charge in [0.05, 0.1) is 23.6 Å². The van der Waals surface area contributed by atoms with Crippen molar-refractivity contribution in [2.75, 3.05) is 6.54 Å². The highest BCUT2D eigenvalue weighted by Crippen LogP contribution is 2.23. The lowest BCUT2D eigenvalue weighted by Gasteiger charge is -2.21. The number of nitrogens with one attached hydrogen (secondary N) is 1. The Morgan fingerprint density at radius 1 is 1.24 bits per heavy atom. The van der Waals surface area contributed by atoms with E-state index in [-0.39, 0.29) is 6.04 Å². The van der Waals surface area contributed by atoms with Gasteiger partial charge in [0.2, 0.25) is 0 Å². The van der Waals surface area contributed by atoms with Gasteiger partial charge in [0.15, 0.2) is 0 Å². The van der Waals surface area contributed by atoms with Crippen LogP contribution in [0.25, 0.3) is 0 Å². The Hall–Kier alpha value is -1.75. The third-order valence-electron chi connectivity index (χ3n) is 3.56. The first-order chi connectivity index (χ1) is 10.3. The van der Waals surface area contributed by atoms with Crippen LogP contribution in [0.4, 0.5) is 0 Å². The van der Waals surface area contributed by atoms with E-state index in [1.165, 1.54) is 5.56 Å². The highest BCUT2D eigenvalue weighted by Gasteiger charge is 2.21. The van der Waals surface area contributed by atoms with Gasteiger partial charge in [-0.15, -0.1) is 5.10 Å². The van der Waals surface area contributed by atoms with Crippen molar-refractivity contribution in [3.63, 3.8) is 0 Å². The Morgan fingerprint density at radius 2 is 2.10 bits per heavy atom. The Bertz CT molecular complexity index is 549. The van der Waals surface area contributed by atoms with Gasteiger partial charge in [-0.25, -0.2) is 4.68 Å². The Morgan fingerprint density at radius 3 is 2.81 bits per heavy atom. The topological polar surface area (TPSA) is 55.6 Å². The standard InChI is InChI=1S/C16H25N5/c1-4-9-17-16(14-12-19-20-21(14)11-5-2)15-13(6-3)8-7-10-18-15/h7-8,10,12,16-17H,4-6,9,11H2,1-3H3. The molecule has 0 amide bonds. The van der Waals surface area contributed by atoms with E-state index in [1.807, 2.05) is 23.1 Å². The maximum absolute atomic E-state index is 4.63. The van der Waals surface area contributed by atoms with Crippen LogP contribution in [-0.2, 0) is 13.0 Å². The zero-order chi connectivity index (χ0) is 15.1. The number of aromatic nitrogens is 4. The van der Waals surface area contributed by atoms with Gasteiger partial charge < -0.3 is 5.32 Å². The second-order valence-electron chi connectivity index (χ2n) is 5.17. The number of rotatable bonds is 8. The number of nitrogens with zero attached hydrogens (tertiary/aromatic N) is 4. The molecule has 0 bridgehead atoms. The van der Waals surface area contributed by atoms with Crippen molar-refractivity contribution < 1.29 is 0 Å². The lowest BCUT2D eigenvalue weighted by Crippen LogP contribution is -2.27. The molecule has 0 aliphatic rings. The Balaban J connectivity index is 2.40. The summed E-state index contributed by atoms with van der Waals surface area (Å²) < 4.78 is 1.99. The van der Waals surface area contributed by atoms with Gasteiger partial charge in [0.25, 0.3) is 0 Å². The number of hydrogen-bond donors (Lipinski definition) is 1. The average Bonchev–Trinajstić information content (AvgIpc) is 2.97. The second kappa shape index (κ2) is 7.88. The van der Waals surface area contributed by atoms with Crippen molar-refractivity contribution in [3.05, 3.63) is 41.5 Å². The van der Waals surface area contributed by atoms with Crippen LogP contribution in [0.2, 0.25) is 0 Å². The van der Waals surface area contributed by atoms with E-state index in [0.29, 0.717) is 0 Å². The second-order valence-corrected chi connectivity index (χ2v) is 5.17. The molecule has 0 aromatic carbocycles. The van der Waals surface area contributed by atoms with E-state index in [0.717, 1.165) is 43.7 Å². The smallest absolute Gasteiger partial charge is 0.0941 e. The molecule has 0 aliphatic carbocycles. The summed E-state index contributed by atoms with van der Waals surface area (Å²) in [4.78, 5) is 4.63. The monoisotopic (exact) mass is 287 g/mol. The van der Waals surface area contributed by atoms with Gasteiger partial charge in [0.1, 0.15) is 0 Å². The first-order valence-corrected chi connectivity index (χ1v) is 7.87. The van der Waals surface area contributed by atoms with Crippen molar-refractivity contribution in [1.82, 2.24) is 25.3 Å². The van der Waals surface area contributed by atoms with E-state index in [4.69, 9.17) is 0 Å². The summed E-state index contributed by atoms with van der Waals surface area (Å²) in [5, 5.41) is 11.9. The quantitative estimate of drug-likeness (QED) is 0.811. The molecule has 0 saturated heterocycles. The predicted octanol–water partition coefficient (Wildman–Crippen LogP) is 2.73. The third kappa shape index (κ3) is 3.67. The molecule has 0 radical (unpaired) electrons. The van der Waals surface area contributed by atoms with E-state index in [9.17, 15) is 0 Å². The molecule has 0 fully saturated rings. The van der Waals surface area contributed by atoms with Gasteiger partial charge in [-0.05, 0) is 37.4 Å². The number of aryl methyl sites for hydroxylation is 2. The van der Waals surface area contributed by atoms with Crippen molar-refractivity contribution in [2.24, 2.45) is 0 Å². The van der Waals surface area contributed by atoms with Crippen molar-refractivity contribution in [3.8, 4) is 0 Å². The highest BCUT2D eigenvalue weighted by molar-refractivity contribution is 5.28. The molecule has 1 N–H and O–H groups in total. The van der Waals surface area contributed by atoms with Gasteiger partial charge in [-0.1, -0.05) is 32.1 Å². The Kier molecular flexibility index (Phi) is 5.87. The molecule has 2 aromatic rings. The Labute approximate surface area is 126 Å². The molecule has 2 heterocycles. The molecule has 2 rings (SSSR count). The minimum Gasteiger partial charge on any atom is -0.304 e. The molecule has 0 saturated carbocycles. The van der Waals surface area contributed by atoms with Crippen LogP contribution in [0.5, 0.6) is 0 Å². The molecule has 5 heteroatoms. The van der Waals surface area contributed by atoms with Gasteiger partial charge in [-0.3, -0.25) is 4.98 Å². The lowest BCUT2D eigenvalue weighted by atomic mass is 10.0. The largest absolute Gasteiger partial charge is 0.304 e. The molecule has 0 aliphatic heterocycles. The van der Waals surface area contributed by atoms with Crippen LogP contribution in [0.1, 0.15) is 56.6 Å². The summed E-state index contributed by atoms with van der Waals surface area (Å²) in [6.07, 6.45) is 6.82. The average molecular weight is 287 g/mol. The molecular weight excluding hydrogens is 262 g/mol. The zero-order valence-electron chi connectivity index (χ0n) is 13.2. The molecule has 1 atom stereocenters. The third-order valence-corrected chi connectivity index (χ3v) is 3.56. The van der Waals surface area contributed by atoms with Crippen LogP contribution in [0.3, 0.4) is 0 Å². The molecule has 2 aromatic heterocycles. The number of hydrogen-bond acceptors (Lipinski definition) is 4. The fourth-order valence-electron chi connectivity index (χ4n) is 2.51. The van der Waals surface area contributed by atoms with Crippen molar-refractivity contribution >= 4 is 0 Å². The summed E-state index contributed by atoms with van der Waals surface area (Å²) in [7, 11) is 0. The first-order valence-electron chi connectivity index (χ1n) is 7.87. The van der Waals surface area contributed by atoms with Crippen molar-refractivity contribution in [1.29, 1.82) is 0 Å². The number of pyridine rings is 1. The zero-order valence-corrected chi connectivity index (χ0v) is 13.2. The molecule has 0 spiro atoms. The van der Waals surface area contributed by atoms with E-state index in [2.05, 4.69) is 47.5 Å². The van der Waals surface area contributed by atoms with Crippen LogP contribution in [0.15, 0.2) is 24.5 Å². The summed E-state index contributed by atoms with van der Waals surface area (Å²) >= 11 is 0. The maximum atomic E-state index is 4.63. The maximum Gasteiger partial charge on any atom is 0.0941 e. The van der Waals surface area contributed by atoms with E-state index in [1.54, 1.807) is 0 Å². The van der Waals surface area contributed by atoms with Gasteiger partial charge in [0, 0.05) is 12.7 Å². The van der Waals surface area contributed by atoms with Crippen LogP contribution in [-0.4, -0.2) is 26.5 Å². The minimum atomic E-state index is 0.0580. The summed E-state index contributed by atoms with van der Waals surface area (Å²) in [6.45, 7) is 8.32. The van der Waals surface area contributed by atoms with Gasteiger partial charge >= 0.3 is 0 Å². The van der Waals surface area contributed by atoms with E-state index >= 15 is 0 Å². The fraction of sp³-hybridized carbons (Fsp3) is 0.562. The molecule has 1 unspecified atom stereocenters. The van der Waals surface area contributed by atoms with Crippen LogP contribution >= 0.6 is 0 Å². The first kappa shape index (κ1) is 15.6. The lowest BCUT2D eigenvalue weighted by molar-refractivity contribution is 0.497. The minimum absolute atomic E-state index is 0.0580. The fourth-order valence-corrected chi connectivity index (χ4v) is 2.51. The highest BCUT2D eigenvalue weighted by atomic mass is 15.4. The van der Waals surface area contributed by atoms with Crippen LogP contribution < -0.4 is 5.32 Å². The van der Waals surface area contributed by atoms with Gasteiger partial charge in [-0.2, -0.15) is 0 Å². The molecular formula is C16H25N5. The SMILES string of the molecule is CCCNC(c1ncccc1CC)c1cnnn1CCC. The van der Waals surface area contributed by atoms with Crippen molar-refractivity contribution in [2.45, 2.75) is 52.6 Å². The summed E-state index contributed by atoms with van der Waals surface area (Å²) in [6, 6.07) is 4.21. The van der Waals surface area contributed by atoms with Crippen LogP contribution in [0, 0.1) is 0 Å². The molecule has 114 valence electrons. The normalized spacial score (nSPS) is 12.5. The molecule has 21 heavy (non-hydrogen) atoms. The molecule has 5 nitrogen and oxygen atoms in total. The predicted molar refractivity (Wildman–Crippen MR) is 84.1 cm³/mol. The summed E-state index contributed by atoms with van der Waals surface area (Å²) in [5.41, 5.74) is 3.46. The van der Waals surface area contributed by atoms with E-state index < -0.39 is 0 Å².